The van der Waals surface area contributed by atoms with Crippen LogP contribution < -0.4 is 14.4 Å². The highest BCUT2D eigenvalue weighted by Crippen LogP contribution is 2.39. The second-order valence-electron chi connectivity index (χ2n) is 8.35. The van der Waals surface area contributed by atoms with Gasteiger partial charge in [0.1, 0.15) is 5.69 Å². The van der Waals surface area contributed by atoms with Crippen molar-refractivity contribution in [2.75, 3.05) is 32.2 Å². The monoisotopic (exact) mass is 428 g/mol. The van der Waals surface area contributed by atoms with E-state index in [4.69, 9.17) is 19.6 Å². The molecule has 2 aromatic heterocycles. The van der Waals surface area contributed by atoms with Gasteiger partial charge in [0.15, 0.2) is 17.1 Å². The minimum atomic E-state index is 0.683. The Balaban J connectivity index is 1.81. The minimum Gasteiger partial charge on any atom is -0.493 e. The van der Waals surface area contributed by atoms with Crippen molar-refractivity contribution >= 4 is 11.3 Å². The molecule has 1 fully saturated rings. The van der Waals surface area contributed by atoms with E-state index in [1.54, 1.807) is 14.2 Å². The van der Waals surface area contributed by atoms with Crippen molar-refractivity contribution in [2.24, 2.45) is 0 Å². The molecule has 0 bridgehead atoms. The molecule has 0 N–H and O–H groups in total. The molecule has 2 aromatic carbocycles. The summed E-state index contributed by atoms with van der Waals surface area (Å²) in [6, 6.07) is 16.6. The summed E-state index contributed by atoms with van der Waals surface area (Å²) in [5.41, 5.74) is 8.13. The quantitative estimate of drug-likeness (QED) is 0.432. The number of benzene rings is 2. The molecule has 32 heavy (non-hydrogen) atoms. The van der Waals surface area contributed by atoms with Crippen LogP contribution in [0, 0.1) is 13.8 Å². The van der Waals surface area contributed by atoms with E-state index in [0.29, 0.717) is 11.5 Å². The highest BCUT2D eigenvalue weighted by atomic mass is 16.5. The maximum Gasteiger partial charge on any atom is 0.178 e. The molecule has 6 nitrogen and oxygen atoms in total. The Morgan fingerprint density at radius 3 is 2.19 bits per heavy atom. The smallest absolute Gasteiger partial charge is 0.178 e. The number of imidazole rings is 1. The number of nitrogens with zero attached hydrogens (tertiary/aromatic N) is 4. The van der Waals surface area contributed by atoms with Crippen LogP contribution >= 0.6 is 0 Å². The predicted octanol–water partition coefficient (Wildman–Crippen LogP) is 5.30. The fourth-order valence-electron chi connectivity index (χ4n) is 4.47. The Bertz CT molecular complexity index is 1270. The molecule has 0 radical (unpaired) electrons. The summed E-state index contributed by atoms with van der Waals surface area (Å²) >= 11 is 0. The minimum absolute atomic E-state index is 0.683. The summed E-state index contributed by atoms with van der Waals surface area (Å²) < 4.78 is 13.1. The first-order chi connectivity index (χ1) is 15.6. The lowest BCUT2D eigenvalue weighted by Gasteiger charge is -2.18. The fraction of sp³-hybridized carbons (Fsp3) is 0.308. The van der Waals surface area contributed by atoms with E-state index < -0.39 is 0 Å². The number of rotatable bonds is 5. The lowest BCUT2D eigenvalue weighted by atomic mass is 10.0. The van der Waals surface area contributed by atoms with Crippen molar-refractivity contribution in [1.29, 1.82) is 0 Å². The number of anilines is 1. The highest BCUT2D eigenvalue weighted by molar-refractivity contribution is 5.86. The van der Waals surface area contributed by atoms with E-state index in [2.05, 4.69) is 42.2 Å². The van der Waals surface area contributed by atoms with Gasteiger partial charge < -0.3 is 14.4 Å². The van der Waals surface area contributed by atoms with E-state index in [0.717, 1.165) is 52.6 Å². The summed E-state index contributed by atoms with van der Waals surface area (Å²) in [6.07, 6.45) is 2.42. The Morgan fingerprint density at radius 2 is 1.50 bits per heavy atom. The number of hydrogen-bond acceptors (Lipinski definition) is 5. The Kier molecular flexibility index (Phi) is 5.21. The van der Waals surface area contributed by atoms with Crippen molar-refractivity contribution < 1.29 is 9.47 Å². The van der Waals surface area contributed by atoms with Crippen LogP contribution in [-0.2, 0) is 0 Å². The largest absolute Gasteiger partial charge is 0.493 e. The van der Waals surface area contributed by atoms with E-state index in [-0.39, 0.29) is 0 Å². The number of aryl methyl sites for hydroxylation is 2. The van der Waals surface area contributed by atoms with Crippen molar-refractivity contribution in [3.05, 3.63) is 59.8 Å². The molecule has 3 heterocycles. The van der Waals surface area contributed by atoms with Crippen LogP contribution in [0.1, 0.15) is 24.1 Å². The molecule has 0 amide bonds. The van der Waals surface area contributed by atoms with Gasteiger partial charge in [0.05, 0.1) is 31.3 Å². The molecule has 6 heteroatoms. The van der Waals surface area contributed by atoms with Gasteiger partial charge in [0.25, 0.3) is 0 Å². The Morgan fingerprint density at radius 1 is 0.812 bits per heavy atom. The zero-order chi connectivity index (χ0) is 22.2. The molecular weight excluding hydrogens is 400 g/mol. The lowest BCUT2D eigenvalue weighted by Crippen LogP contribution is -2.19. The Hall–Kier alpha value is -3.54. The molecule has 4 aromatic rings. The second-order valence-corrected chi connectivity index (χ2v) is 8.35. The SMILES string of the molecule is COc1ccc(-c2c(-c3ccc(C)cc3)nc3c(N4CCCC4)cc(C)nn23)cc1OC. The normalized spacial score (nSPS) is 13.7. The van der Waals surface area contributed by atoms with Gasteiger partial charge in [-0.05, 0) is 51.0 Å². The molecule has 5 rings (SSSR count). The molecule has 0 aliphatic carbocycles. The Labute approximate surface area is 188 Å². The number of aromatic nitrogens is 3. The average Bonchev–Trinajstić information content (AvgIpc) is 3.47. The van der Waals surface area contributed by atoms with Gasteiger partial charge in [-0.2, -0.15) is 5.10 Å². The molecule has 1 aliphatic rings. The van der Waals surface area contributed by atoms with Crippen LogP contribution in [-0.4, -0.2) is 41.9 Å². The highest BCUT2D eigenvalue weighted by Gasteiger charge is 2.24. The predicted molar refractivity (Wildman–Crippen MR) is 128 cm³/mol. The number of hydrogen-bond donors (Lipinski definition) is 0. The molecule has 0 atom stereocenters. The third-order valence-electron chi connectivity index (χ3n) is 6.12. The van der Waals surface area contributed by atoms with Crippen LogP contribution in [0.15, 0.2) is 48.5 Å². The van der Waals surface area contributed by atoms with E-state index in [9.17, 15) is 0 Å². The molecule has 0 unspecified atom stereocenters. The van der Waals surface area contributed by atoms with Gasteiger partial charge in [-0.15, -0.1) is 0 Å². The number of methoxy groups -OCH3 is 2. The first-order valence-corrected chi connectivity index (χ1v) is 11.0. The van der Waals surface area contributed by atoms with Gasteiger partial charge >= 0.3 is 0 Å². The van der Waals surface area contributed by atoms with Crippen LogP contribution in [0.3, 0.4) is 0 Å². The van der Waals surface area contributed by atoms with Crippen LogP contribution in [0.25, 0.3) is 28.2 Å². The summed E-state index contributed by atoms with van der Waals surface area (Å²) in [7, 11) is 3.31. The topological polar surface area (TPSA) is 51.9 Å². The van der Waals surface area contributed by atoms with Gasteiger partial charge in [-0.3, -0.25) is 0 Å². The maximum atomic E-state index is 5.59. The third-order valence-corrected chi connectivity index (χ3v) is 6.12. The average molecular weight is 429 g/mol. The van der Waals surface area contributed by atoms with Crippen LogP contribution in [0.2, 0.25) is 0 Å². The van der Waals surface area contributed by atoms with Crippen molar-refractivity contribution in [3.8, 4) is 34.0 Å². The van der Waals surface area contributed by atoms with Crippen LogP contribution in [0.5, 0.6) is 11.5 Å². The summed E-state index contributed by atoms with van der Waals surface area (Å²) in [5, 5.41) is 4.90. The standard InChI is InChI=1S/C26H28N4O2/c1-17-7-9-19(10-8-17)24-25(20-11-12-22(31-3)23(16-20)32-4)30-26(27-24)21(15-18(2)28-30)29-13-5-6-14-29/h7-12,15-16H,5-6,13-14H2,1-4H3. The molecule has 164 valence electrons. The first kappa shape index (κ1) is 20.4. The maximum absolute atomic E-state index is 5.59. The summed E-state index contributed by atoms with van der Waals surface area (Å²) in [5.74, 6) is 1.38. The van der Waals surface area contributed by atoms with Crippen LogP contribution in [0.4, 0.5) is 5.69 Å². The number of ether oxygens (including phenoxy) is 2. The van der Waals surface area contributed by atoms with E-state index in [1.807, 2.05) is 29.6 Å². The van der Waals surface area contributed by atoms with Gasteiger partial charge in [0.2, 0.25) is 0 Å². The second kappa shape index (κ2) is 8.19. The molecule has 0 spiro atoms. The van der Waals surface area contributed by atoms with Crippen molar-refractivity contribution in [1.82, 2.24) is 14.6 Å². The first-order valence-electron chi connectivity index (χ1n) is 11.0. The molecule has 1 aliphatic heterocycles. The zero-order valence-electron chi connectivity index (χ0n) is 19.1. The lowest BCUT2D eigenvalue weighted by molar-refractivity contribution is 0.355. The third kappa shape index (κ3) is 3.45. The van der Waals surface area contributed by atoms with Gasteiger partial charge in [-0.25, -0.2) is 9.50 Å². The zero-order valence-corrected chi connectivity index (χ0v) is 19.1. The van der Waals surface area contributed by atoms with Gasteiger partial charge in [0, 0.05) is 24.2 Å². The van der Waals surface area contributed by atoms with E-state index >= 15 is 0 Å². The van der Waals surface area contributed by atoms with Crippen molar-refractivity contribution in [2.45, 2.75) is 26.7 Å². The molecule has 1 saturated heterocycles. The van der Waals surface area contributed by atoms with Gasteiger partial charge in [-0.1, -0.05) is 29.8 Å². The van der Waals surface area contributed by atoms with E-state index in [1.165, 1.54) is 18.4 Å². The van der Waals surface area contributed by atoms with Crippen molar-refractivity contribution in [3.63, 3.8) is 0 Å². The summed E-state index contributed by atoms with van der Waals surface area (Å²) in [4.78, 5) is 7.58. The molecule has 0 saturated carbocycles. The molecular formula is C26H28N4O2. The summed E-state index contributed by atoms with van der Waals surface area (Å²) in [6.45, 7) is 6.25. The number of fused-ring (bicyclic) bond motifs is 1. The fourth-order valence-corrected chi connectivity index (χ4v) is 4.47.